The topological polar surface area (TPSA) is 69.2 Å². The van der Waals surface area contributed by atoms with Crippen LogP contribution in [0.15, 0.2) is 35.7 Å². The van der Waals surface area contributed by atoms with Gasteiger partial charge in [-0.2, -0.15) is 0 Å². The first-order valence-electron chi connectivity index (χ1n) is 3.17. The third-order valence-corrected chi connectivity index (χ3v) is 1.32. The van der Waals surface area contributed by atoms with E-state index in [9.17, 15) is 10.1 Å². The first kappa shape index (κ1) is 7.53. The Kier molecular flexibility index (Phi) is 2.06. The van der Waals surface area contributed by atoms with E-state index in [-0.39, 0.29) is 5.70 Å². The summed E-state index contributed by atoms with van der Waals surface area (Å²) in [6.45, 7) is 0. The summed E-state index contributed by atoms with van der Waals surface area (Å²) < 4.78 is 0. The first-order chi connectivity index (χ1) is 5.20. The fourth-order valence-electron chi connectivity index (χ4n) is 0.795. The van der Waals surface area contributed by atoms with Crippen LogP contribution in [0.5, 0.6) is 0 Å². The summed E-state index contributed by atoms with van der Waals surface area (Å²) in [5.74, 6) is 0. The van der Waals surface area contributed by atoms with E-state index >= 15 is 0 Å². The van der Waals surface area contributed by atoms with Gasteiger partial charge in [0.25, 0.3) is 5.70 Å². The molecule has 0 radical (unpaired) electrons. The minimum absolute atomic E-state index is 0.132. The lowest BCUT2D eigenvalue weighted by Gasteiger charge is -1.91. The number of allylic oxidation sites excluding steroid dienone is 4. The summed E-state index contributed by atoms with van der Waals surface area (Å²) >= 11 is 0. The van der Waals surface area contributed by atoms with Gasteiger partial charge in [0.2, 0.25) is 0 Å². The van der Waals surface area contributed by atoms with E-state index < -0.39 is 4.92 Å². The van der Waals surface area contributed by atoms with Crippen molar-refractivity contribution >= 4 is 0 Å². The zero-order valence-corrected chi connectivity index (χ0v) is 5.86. The molecule has 0 aromatic heterocycles. The van der Waals surface area contributed by atoms with Crippen molar-refractivity contribution in [1.29, 1.82) is 0 Å². The number of nitrogens with zero attached hydrogens (tertiary/aromatic N) is 1. The summed E-state index contributed by atoms with van der Waals surface area (Å²) in [5.41, 5.74) is 5.95. The van der Waals surface area contributed by atoms with Gasteiger partial charge >= 0.3 is 0 Å². The van der Waals surface area contributed by atoms with Gasteiger partial charge in [-0.15, -0.1) is 0 Å². The molecule has 0 heterocycles. The van der Waals surface area contributed by atoms with Crippen molar-refractivity contribution in [3.8, 4) is 0 Å². The largest absolute Gasteiger partial charge is 0.399 e. The maximum Gasteiger partial charge on any atom is 0.252 e. The van der Waals surface area contributed by atoms with E-state index in [0.29, 0.717) is 12.1 Å². The average molecular weight is 152 g/mol. The molecule has 4 heteroatoms. The molecule has 4 nitrogen and oxygen atoms in total. The average Bonchev–Trinajstić information content (AvgIpc) is 2.13. The second-order valence-electron chi connectivity index (χ2n) is 2.19. The molecule has 0 bridgehead atoms. The van der Waals surface area contributed by atoms with Crippen LogP contribution in [0.4, 0.5) is 0 Å². The molecule has 0 aromatic rings. The summed E-state index contributed by atoms with van der Waals surface area (Å²) in [5, 5.41) is 10.3. The van der Waals surface area contributed by atoms with Crippen molar-refractivity contribution in [2.24, 2.45) is 5.73 Å². The van der Waals surface area contributed by atoms with E-state index in [2.05, 4.69) is 0 Å². The van der Waals surface area contributed by atoms with Gasteiger partial charge in [-0.25, -0.2) is 0 Å². The quantitative estimate of drug-likeness (QED) is 0.449. The zero-order chi connectivity index (χ0) is 8.27. The number of hydrogen-bond acceptors (Lipinski definition) is 3. The van der Waals surface area contributed by atoms with Crippen molar-refractivity contribution in [2.75, 3.05) is 0 Å². The summed E-state index contributed by atoms with van der Waals surface area (Å²) in [6, 6.07) is 0. The van der Waals surface area contributed by atoms with Crippen LogP contribution in [0.1, 0.15) is 6.42 Å². The second-order valence-corrected chi connectivity index (χ2v) is 2.19. The Bertz CT molecular complexity index is 264. The SMILES string of the molecule is NC1=CC=CCC([N+](=O)[O-])=C1. The summed E-state index contributed by atoms with van der Waals surface area (Å²) in [7, 11) is 0. The molecule has 0 spiro atoms. The van der Waals surface area contributed by atoms with Crippen LogP contribution in [-0.2, 0) is 0 Å². The van der Waals surface area contributed by atoms with Crippen molar-refractivity contribution in [2.45, 2.75) is 6.42 Å². The maximum atomic E-state index is 10.3. The molecule has 1 rings (SSSR count). The van der Waals surface area contributed by atoms with Crippen LogP contribution in [0, 0.1) is 10.1 Å². The molecule has 11 heavy (non-hydrogen) atoms. The maximum absolute atomic E-state index is 10.3. The molecule has 0 aromatic carbocycles. The molecule has 1 aliphatic rings. The monoisotopic (exact) mass is 152 g/mol. The normalized spacial score (nSPS) is 16.7. The van der Waals surface area contributed by atoms with Crippen molar-refractivity contribution in [3.63, 3.8) is 0 Å². The fourth-order valence-corrected chi connectivity index (χ4v) is 0.795. The van der Waals surface area contributed by atoms with Gasteiger partial charge in [0.15, 0.2) is 0 Å². The third-order valence-electron chi connectivity index (χ3n) is 1.32. The Morgan fingerprint density at radius 3 is 3.00 bits per heavy atom. The van der Waals surface area contributed by atoms with Gasteiger partial charge in [-0.3, -0.25) is 10.1 Å². The minimum Gasteiger partial charge on any atom is -0.399 e. The van der Waals surface area contributed by atoms with Crippen LogP contribution in [-0.4, -0.2) is 4.92 Å². The van der Waals surface area contributed by atoms with Crippen LogP contribution in [0.2, 0.25) is 0 Å². The van der Waals surface area contributed by atoms with Crippen molar-refractivity contribution in [1.82, 2.24) is 0 Å². The third kappa shape index (κ3) is 1.93. The molecular formula is C7H8N2O2. The van der Waals surface area contributed by atoms with E-state index in [1.807, 2.05) is 0 Å². The Labute approximate surface area is 63.8 Å². The number of nitrogens with two attached hydrogens (primary N) is 1. The highest BCUT2D eigenvalue weighted by Gasteiger charge is 2.09. The fraction of sp³-hybridized carbons (Fsp3) is 0.143. The number of nitro groups is 1. The lowest BCUT2D eigenvalue weighted by atomic mass is 10.3. The Hall–Kier alpha value is -1.58. The van der Waals surface area contributed by atoms with E-state index in [0.717, 1.165) is 0 Å². The number of rotatable bonds is 1. The predicted molar refractivity (Wildman–Crippen MR) is 41.1 cm³/mol. The number of hydrogen-bond donors (Lipinski definition) is 1. The highest BCUT2D eigenvalue weighted by Crippen LogP contribution is 2.09. The molecule has 0 atom stereocenters. The highest BCUT2D eigenvalue weighted by molar-refractivity contribution is 5.26. The van der Waals surface area contributed by atoms with Gasteiger partial charge in [0.1, 0.15) is 0 Å². The van der Waals surface area contributed by atoms with E-state index in [1.54, 1.807) is 18.2 Å². The minimum atomic E-state index is -0.420. The Morgan fingerprint density at radius 2 is 2.36 bits per heavy atom. The molecule has 58 valence electrons. The molecule has 0 saturated carbocycles. The van der Waals surface area contributed by atoms with Gasteiger partial charge in [0, 0.05) is 11.8 Å². The van der Waals surface area contributed by atoms with Crippen LogP contribution >= 0.6 is 0 Å². The molecule has 0 fully saturated rings. The van der Waals surface area contributed by atoms with Crippen LogP contribution in [0.25, 0.3) is 0 Å². The van der Waals surface area contributed by atoms with Crippen LogP contribution in [0.3, 0.4) is 0 Å². The first-order valence-corrected chi connectivity index (χ1v) is 3.17. The Balaban J connectivity index is 2.90. The van der Waals surface area contributed by atoms with E-state index in [4.69, 9.17) is 5.73 Å². The van der Waals surface area contributed by atoms with Gasteiger partial charge < -0.3 is 5.73 Å². The van der Waals surface area contributed by atoms with Gasteiger partial charge in [-0.05, 0) is 6.08 Å². The Morgan fingerprint density at radius 1 is 1.64 bits per heavy atom. The lowest BCUT2D eigenvalue weighted by Crippen LogP contribution is -2.00. The molecule has 1 aliphatic carbocycles. The molecule has 2 N–H and O–H groups in total. The predicted octanol–water partition coefficient (Wildman–Crippen LogP) is 0.950. The highest BCUT2D eigenvalue weighted by atomic mass is 16.6. The van der Waals surface area contributed by atoms with Gasteiger partial charge in [-0.1, -0.05) is 12.2 Å². The molecule has 0 unspecified atom stereocenters. The molecule has 0 amide bonds. The zero-order valence-electron chi connectivity index (χ0n) is 5.86. The smallest absolute Gasteiger partial charge is 0.252 e. The lowest BCUT2D eigenvalue weighted by molar-refractivity contribution is -0.426. The molecule has 0 saturated heterocycles. The summed E-state index contributed by atoms with van der Waals surface area (Å²) in [4.78, 5) is 9.85. The van der Waals surface area contributed by atoms with E-state index in [1.165, 1.54) is 6.08 Å². The van der Waals surface area contributed by atoms with Gasteiger partial charge in [0.05, 0.1) is 11.3 Å². The van der Waals surface area contributed by atoms with Crippen molar-refractivity contribution < 1.29 is 4.92 Å². The second kappa shape index (κ2) is 3.01. The standard InChI is InChI=1S/C7H8N2O2/c8-6-3-1-2-4-7(5-6)9(10)11/h1-3,5H,4,8H2. The van der Waals surface area contributed by atoms with Crippen LogP contribution < -0.4 is 5.73 Å². The van der Waals surface area contributed by atoms with Crippen molar-refractivity contribution in [3.05, 3.63) is 45.8 Å². The summed E-state index contributed by atoms with van der Waals surface area (Å²) in [6.07, 6.45) is 6.76. The molecule has 0 aliphatic heterocycles. The molecular weight excluding hydrogens is 144 g/mol.